The van der Waals surface area contributed by atoms with E-state index < -0.39 is 0 Å². The second-order valence-electron chi connectivity index (χ2n) is 5.79. The first-order chi connectivity index (χ1) is 8.10. The van der Waals surface area contributed by atoms with E-state index in [1.807, 2.05) is 0 Å². The number of rotatable bonds is 4. The zero-order valence-electron chi connectivity index (χ0n) is 11.2. The SMILES string of the molecule is CC1OCCC1(C)NCCN1CCC(N)CC1. The molecule has 2 aliphatic heterocycles. The maximum absolute atomic E-state index is 5.91. The van der Waals surface area contributed by atoms with Crippen molar-refractivity contribution in [2.75, 3.05) is 32.8 Å². The average Bonchev–Trinajstić information content (AvgIpc) is 2.63. The van der Waals surface area contributed by atoms with E-state index in [0.29, 0.717) is 12.1 Å². The second kappa shape index (κ2) is 5.65. The Bertz CT molecular complexity index is 241. The minimum atomic E-state index is 0.173. The van der Waals surface area contributed by atoms with Crippen LogP contribution in [0.5, 0.6) is 0 Å². The highest BCUT2D eigenvalue weighted by atomic mass is 16.5. The maximum atomic E-state index is 5.91. The number of likely N-dealkylation sites (tertiary alicyclic amines) is 1. The zero-order valence-corrected chi connectivity index (χ0v) is 11.2. The van der Waals surface area contributed by atoms with Crippen molar-refractivity contribution in [1.82, 2.24) is 10.2 Å². The summed E-state index contributed by atoms with van der Waals surface area (Å²) in [7, 11) is 0. The Morgan fingerprint density at radius 2 is 2.12 bits per heavy atom. The van der Waals surface area contributed by atoms with Gasteiger partial charge in [-0.3, -0.25) is 0 Å². The van der Waals surface area contributed by atoms with E-state index >= 15 is 0 Å². The molecule has 0 spiro atoms. The second-order valence-corrected chi connectivity index (χ2v) is 5.79. The van der Waals surface area contributed by atoms with Crippen LogP contribution in [0.25, 0.3) is 0 Å². The third-order valence-corrected chi connectivity index (χ3v) is 4.48. The van der Waals surface area contributed by atoms with Gasteiger partial charge in [0.1, 0.15) is 0 Å². The fourth-order valence-electron chi connectivity index (χ4n) is 2.74. The Hall–Kier alpha value is -0.160. The molecule has 0 aromatic rings. The lowest BCUT2D eigenvalue weighted by Gasteiger charge is -2.33. The lowest BCUT2D eigenvalue weighted by molar-refractivity contribution is 0.0869. The topological polar surface area (TPSA) is 50.5 Å². The molecule has 0 saturated carbocycles. The van der Waals surface area contributed by atoms with Crippen LogP contribution < -0.4 is 11.1 Å². The predicted molar refractivity (Wildman–Crippen MR) is 70.1 cm³/mol. The van der Waals surface area contributed by atoms with Gasteiger partial charge < -0.3 is 20.7 Å². The Morgan fingerprint density at radius 3 is 2.71 bits per heavy atom. The fourth-order valence-corrected chi connectivity index (χ4v) is 2.74. The molecule has 2 aliphatic rings. The van der Waals surface area contributed by atoms with Gasteiger partial charge in [0, 0.05) is 31.3 Å². The lowest BCUT2D eigenvalue weighted by atomic mass is 9.95. The van der Waals surface area contributed by atoms with Crippen molar-refractivity contribution in [3.05, 3.63) is 0 Å². The van der Waals surface area contributed by atoms with E-state index in [2.05, 4.69) is 24.1 Å². The van der Waals surface area contributed by atoms with Gasteiger partial charge in [-0.25, -0.2) is 0 Å². The standard InChI is InChI=1S/C13H27N3O/c1-11-13(2,5-10-17-11)15-6-9-16-7-3-12(14)4-8-16/h11-12,15H,3-10,14H2,1-2H3. The van der Waals surface area contributed by atoms with Crippen LogP contribution in [0.15, 0.2) is 0 Å². The van der Waals surface area contributed by atoms with Gasteiger partial charge in [-0.05, 0) is 46.2 Å². The molecule has 0 aliphatic carbocycles. The van der Waals surface area contributed by atoms with Crippen molar-refractivity contribution >= 4 is 0 Å². The van der Waals surface area contributed by atoms with E-state index in [1.165, 1.54) is 0 Å². The van der Waals surface area contributed by atoms with Gasteiger partial charge in [-0.15, -0.1) is 0 Å². The highest BCUT2D eigenvalue weighted by Crippen LogP contribution is 2.24. The molecule has 4 nitrogen and oxygen atoms in total. The predicted octanol–water partition coefficient (Wildman–Crippen LogP) is 0.567. The molecule has 2 saturated heterocycles. The number of hydrogen-bond acceptors (Lipinski definition) is 4. The number of hydrogen-bond donors (Lipinski definition) is 2. The highest BCUT2D eigenvalue weighted by Gasteiger charge is 2.36. The molecule has 3 N–H and O–H groups in total. The molecule has 0 aromatic carbocycles. The van der Waals surface area contributed by atoms with E-state index in [-0.39, 0.29) is 5.54 Å². The molecular formula is C13H27N3O. The summed E-state index contributed by atoms with van der Waals surface area (Å²) in [6, 6.07) is 0.431. The summed E-state index contributed by atoms with van der Waals surface area (Å²) in [5.41, 5.74) is 6.08. The van der Waals surface area contributed by atoms with Gasteiger partial charge >= 0.3 is 0 Å². The van der Waals surface area contributed by atoms with Crippen LogP contribution in [-0.2, 0) is 4.74 Å². The molecule has 100 valence electrons. The van der Waals surface area contributed by atoms with E-state index in [0.717, 1.165) is 52.0 Å². The molecule has 2 rings (SSSR count). The third kappa shape index (κ3) is 3.41. The number of ether oxygens (including phenoxy) is 1. The number of piperidine rings is 1. The van der Waals surface area contributed by atoms with Crippen molar-refractivity contribution in [1.29, 1.82) is 0 Å². The van der Waals surface area contributed by atoms with Gasteiger partial charge in [0.25, 0.3) is 0 Å². The average molecular weight is 241 g/mol. The van der Waals surface area contributed by atoms with E-state index in [9.17, 15) is 0 Å². The van der Waals surface area contributed by atoms with Gasteiger partial charge in [-0.1, -0.05) is 0 Å². The first kappa shape index (κ1) is 13.3. The molecule has 0 radical (unpaired) electrons. The highest BCUT2D eigenvalue weighted by molar-refractivity contribution is 4.93. The lowest BCUT2D eigenvalue weighted by Crippen LogP contribution is -2.51. The summed E-state index contributed by atoms with van der Waals surface area (Å²) in [6.07, 6.45) is 3.75. The Morgan fingerprint density at radius 1 is 1.41 bits per heavy atom. The molecule has 2 atom stereocenters. The monoisotopic (exact) mass is 241 g/mol. The van der Waals surface area contributed by atoms with Crippen LogP contribution in [0.4, 0.5) is 0 Å². The Kier molecular flexibility index (Phi) is 4.42. The van der Waals surface area contributed by atoms with Crippen LogP contribution in [-0.4, -0.2) is 55.4 Å². The maximum Gasteiger partial charge on any atom is 0.0726 e. The van der Waals surface area contributed by atoms with Crippen molar-refractivity contribution < 1.29 is 4.74 Å². The number of nitrogens with zero attached hydrogens (tertiary/aromatic N) is 1. The summed E-state index contributed by atoms with van der Waals surface area (Å²) < 4.78 is 5.63. The van der Waals surface area contributed by atoms with E-state index in [4.69, 9.17) is 10.5 Å². The zero-order chi connectivity index (χ0) is 12.3. The van der Waals surface area contributed by atoms with Crippen LogP contribution >= 0.6 is 0 Å². The normalized spacial score (nSPS) is 36.5. The van der Waals surface area contributed by atoms with Crippen LogP contribution in [0.3, 0.4) is 0 Å². The van der Waals surface area contributed by atoms with Crippen molar-refractivity contribution in [3.8, 4) is 0 Å². The Balaban J connectivity index is 1.66. The summed E-state index contributed by atoms with van der Waals surface area (Å²) >= 11 is 0. The summed E-state index contributed by atoms with van der Waals surface area (Å²) in [5.74, 6) is 0. The Labute approximate surface area is 105 Å². The molecular weight excluding hydrogens is 214 g/mol. The fraction of sp³-hybridized carbons (Fsp3) is 1.00. The molecule has 2 heterocycles. The van der Waals surface area contributed by atoms with Gasteiger partial charge in [0.05, 0.1) is 6.10 Å². The first-order valence-corrected chi connectivity index (χ1v) is 6.95. The molecule has 4 heteroatoms. The largest absolute Gasteiger partial charge is 0.377 e. The molecule has 17 heavy (non-hydrogen) atoms. The summed E-state index contributed by atoms with van der Waals surface area (Å²) in [4.78, 5) is 2.51. The molecule has 0 amide bonds. The molecule has 0 bridgehead atoms. The number of nitrogens with two attached hydrogens (primary N) is 1. The van der Waals surface area contributed by atoms with Crippen LogP contribution in [0.1, 0.15) is 33.1 Å². The van der Waals surface area contributed by atoms with Crippen LogP contribution in [0, 0.1) is 0 Å². The summed E-state index contributed by atoms with van der Waals surface area (Å²) in [5, 5.41) is 3.67. The summed E-state index contributed by atoms with van der Waals surface area (Å²) in [6.45, 7) is 9.84. The minimum Gasteiger partial charge on any atom is -0.377 e. The third-order valence-electron chi connectivity index (χ3n) is 4.48. The minimum absolute atomic E-state index is 0.173. The molecule has 0 aromatic heterocycles. The van der Waals surface area contributed by atoms with Gasteiger partial charge in [-0.2, -0.15) is 0 Å². The van der Waals surface area contributed by atoms with Crippen molar-refractivity contribution in [2.45, 2.75) is 50.8 Å². The van der Waals surface area contributed by atoms with Crippen molar-refractivity contribution in [3.63, 3.8) is 0 Å². The van der Waals surface area contributed by atoms with Gasteiger partial charge in [0.15, 0.2) is 0 Å². The van der Waals surface area contributed by atoms with Crippen molar-refractivity contribution in [2.24, 2.45) is 5.73 Å². The smallest absolute Gasteiger partial charge is 0.0726 e. The van der Waals surface area contributed by atoms with E-state index in [1.54, 1.807) is 0 Å². The van der Waals surface area contributed by atoms with Gasteiger partial charge in [0.2, 0.25) is 0 Å². The molecule has 2 fully saturated rings. The quantitative estimate of drug-likeness (QED) is 0.755. The molecule has 2 unspecified atom stereocenters. The van der Waals surface area contributed by atoms with Crippen LogP contribution in [0.2, 0.25) is 0 Å². The first-order valence-electron chi connectivity index (χ1n) is 6.95. The number of nitrogens with one attached hydrogen (secondary N) is 1.